The molecule has 2 unspecified atom stereocenters. The number of hydrogen-bond donors (Lipinski definition) is 1. The molecule has 3 aromatic heterocycles. The summed E-state index contributed by atoms with van der Waals surface area (Å²) in [7, 11) is 1.41. The van der Waals surface area contributed by atoms with Crippen LogP contribution in [0.5, 0.6) is 0 Å². The quantitative estimate of drug-likeness (QED) is 0.434. The van der Waals surface area contributed by atoms with E-state index in [1.807, 2.05) is 30.5 Å². The first-order valence-corrected chi connectivity index (χ1v) is 11.1. The number of pyridine rings is 2. The lowest BCUT2D eigenvalue weighted by Crippen LogP contribution is -2.31. The van der Waals surface area contributed by atoms with Crippen LogP contribution in [-0.4, -0.2) is 44.2 Å². The molecule has 0 saturated carbocycles. The van der Waals surface area contributed by atoms with E-state index in [0.29, 0.717) is 24.5 Å². The number of nitrogens with zero attached hydrogens (tertiary/aromatic N) is 4. The standard InChI is InChI=1S/C24H27N5O2S/c1-16-14-19(17(2)29(16)18-8-6-11-25-15-18)23-22(20-9-4-5-12-26-20)27-24(32)28(23)13-7-10-21(30)31-3/h4-6,8-9,11-12,14-15,22-23H,7,10,13H2,1-3H3,(H,27,32). The molecule has 1 aliphatic heterocycles. The van der Waals surface area contributed by atoms with Crippen molar-refractivity contribution in [3.05, 3.63) is 77.6 Å². The molecule has 0 aliphatic carbocycles. The molecule has 166 valence electrons. The van der Waals surface area contributed by atoms with Gasteiger partial charge in [-0.25, -0.2) is 0 Å². The van der Waals surface area contributed by atoms with E-state index in [4.69, 9.17) is 17.0 Å². The fourth-order valence-electron chi connectivity index (χ4n) is 4.45. The van der Waals surface area contributed by atoms with E-state index in [-0.39, 0.29) is 18.1 Å². The molecule has 0 bridgehead atoms. The van der Waals surface area contributed by atoms with Gasteiger partial charge in [0, 0.05) is 36.7 Å². The third-order valence-electron chi connectivity index (χ3n) is 5.90. The summed E-state index contributed by atoms with van der Waals surface area (Å²) in [6.07, 6.45) is 6.45. The van der Waals surface area contributed by atoms with Crippen molar-refractivity contribution < 1.29 is 9.53 Å². The van der Waals surface area contributed by atoms with Gasteiger partial charge in [0.2, 0.25) is 0 Å². The predicted molar refractivity (Wildman–Crippen MR) is 126 cm³/mol. The molecule has 3 aromatic rings. The SMILES string of the molecule is COC(=O)CCCN1C(=S)NC(c2ccccn2)C1c1cc(C)n(-c2cccnc2)c1C. The van der Waals surface area contributed by atoms with Crippen molar-refractivity contribution in [3.63, 3.8) is 0 Å². The van der Waals surface area contributed by atoms with Gasteiger partial charge in [-0.3, -0.25) is 14.8 Å². The Morgan fingerprint density at radius 2 is 2.06 bits per heavy atom. The van der Waals surface area contributed by atoms with Crippen molar-refractivity contribution in [1.29, 1.82) is 0 Å². The van der Waals surface area contributed by atoms with Crippen LogP contribution in [0, 0.1) is 13.8 Å². The van der Waals surface area contributed by atoms with Crippen LogP contribution >= 0.6 is 12.2 Å². The summed E-state index contributed by atoms with van der Waals surface area (Å²) in [6.45, 7) is 4.87. The number of ether oxygens (including phenoxy) is 1. The lowest BCUT2D eigenvalue weighted by molar-refractivity contribution is -0.140. The second-order valence-electron chi connectivity index (χ2n) is 7.87. The third-order valence-corrected chi connectivity index (χ3v) is 6.25. The molecule has 4 rings (SSSR count). The van der Waals surface area contributed by atoms with E-state index in [1.165, 1.54) is 12.7 Å². The fraction of sp³-hybridized carbons (Fsp3) is 0.333. The van der Waals surface area contributed by atoms with Crippen LogP contribution in [0.15, 0.2) is 55.0 Å². The smallest absolute Gasteiger partial charge is 0.305 e. The van der Waals surface area contributed by atoms with Crippen LogP contribution in [-0.2, 0) is 9.53 Å². The summed E-state index contributed by atoms with van der Waals surface area (Å²) in [5.74, 6) is -0.212. The minimum Gasteiger partial charge on any atom is -0.469 e. The van der Waals surface area contributed by atoms with Crippen molar-refractivity contribution in [1.82, 2.24) is 24.8 Å². The van der Waals surface area contributed by atoms with Gasteiger partial charge in [0.25, 0.3) is 0 Å². The zero-order valence-electron chi connectivity index (χ0n) is 18.5. The molecular formula is C24H27N5O2S. The number of hydrogen-bond acceptors (Lipinski definition) is 5. The number of esters is 1. The first-order valence-electron chi connectivity index (χ1n) is 10.7. The minimum atomic E-state index is -0.212. The maximum absolute atomic E-state index is 11.7. The average Bonchev–Trinajstić information content (AvgIpc) is 3.29. The number of methoxy groups -OCH3 is 1. The molecule has 1 N–H and O–H groups in total. The van der Waals surface area contributed by atoms with Crippen LogP contribution in [0.4, 0.5) is 0 Å². The number of rotatable bonds is 7. The van der Waals surface area contributed by atoms with Crippen molar-refractivity contribution in [2.24, 2.45) is 0 Å². The predicted octanol–water partition coefficient (Wildman–Crippen LogP) is 3.81. The van der Waals surface area contributed by atoms with Crippen molar-refractivity contribution >= 4 is 23.3 Å². The fourth-order valence-corrected chi connectivity index (χ4v) is 4.78. The summed E-state index contributed by atoms with van der Waals surface area (Å²) in [4.78, 5) is 22.7. The summed E-state index contributed by atoms with van der Waals surface area (Å²) in [5.41, 5.74) is 5.38. The second-order valence-corrected chi connectivity index (χ2v) is 8.26. The number of carbonyl (C=O) groups excluding carboxylic acids is 1. The molecule has 1 saturated heterocycles. The van der Waals surface area contributed by atoms with Crippen LogP contribution < -0.4 is 5.32 Å². The Morgan fingerprint density at radius 3 is 2.75 bits per heavy atom. The highest BCUT2D eigenvalue weighted by Crippen LogP contribution is 2.41. The molecule has 0 spiro atoms. The van der Waals surface area contributed by atoms with Gasteiger partial charge >= 0.3 is 5.97 Å². The molecule has 0 aromatic carbocycles. The van der Waals surface area contributed by atoms with E-state index < -0.39 is 0 Å². The molecule has 1 fully saturated rings. The van der Waals surface area contributed by atoms with Crippen molar-refractivity contribution in [2.45, 2.75) is 38.8 Å². The molecule has 4 heterocycles. The van der Waals surface area contributed by atoms with E-state index in [1.54, 1.807) is 12.4 Å². The van der Waals surface area contributed by atoms with Gasteiger partial charge in [-0.1, -0.05) is 6.07 Å². The van der Waals surface area contributed by atoms with Gasteiger partial charge < -0.3 is 19.5 Å². The Bertz CT molecular complexity index is 1100. The Morgan fingerprint density at radius 1 is 1.22 bits per heavy atom. The van der Waals surface area contributed by atoms with Crippen molar-refractivity contribution in [2.75, 3.05) is 13.7 Å². The molecule has 1 aliphatic rings. The highest BCUT2D eigenvalue weighted by Gasteiger charge is 2.41. The van der Waals surface area contributed by atoms with Gasteiger partial charge in [-0.15, -0.1) is 0 Å². The Kier molecular flexibility index (Phi) is 6.50. The van der Waals surface area contributed by atoms with Crippen LogP contribution in [0.1, 0.15) is 47.6 Å². The molecule has 2 atom stereocenters. The number of carbonyl (C=O) groups is 1. The highest BCUT2D eigenvalue weighted by molar-refractivity contribution is 7.80. The topological polar surface area (TPSA) is 72.3 Å². The first kappa shape index (κ1) is 22.0. The van der Waals surface area contributed by atoms with Crippen LogP contribution in [0.2, 0.25) is 0 Å². The second kappa shape index (κ2) is 9.48. The average molecular weight is 450 g/mol. The summed E-state index contributed by atoms with van der Waals surface area (Å²) >= 11 is 5.73. The van der Waals surface area contributed by atoms with Gasteiger partial charge in [-0.05, 0) is 68.4 Å². The van der Waals surface area contributed by atoms with Crippen molar-refractivity contribution in [3.8, 4) is 5.69 Å². The summed E-state index contributed by atoms with van der Waals surface area (Å²) < 4.78 is 7.02. The van der Waals surface area contributed by atoms with Gasteiger partial charge in [0.05, 0.1) is 36.8 Å². The summed E-state index contributed by atoms with van der Waals surface area (Å²) in [5, 5.41) is 4.14. The van der Waals surface area contributed by atoms with E-state index in [9.17, 15) is 4.79 Å². The zero-order chi connectivity index (χ0) is 22.7. The zero-order valence-corrected chi connectivity index (χ0v) is 19.3. The van der Waals surface area contributed by atoms with Gasteiger partial charge in [-0.2, -0.15) is 0 Å². The lowest BCUT2D eigenvalue weighted by atomic mass is 9.96. The number of aryl methyl sites for hydroxylation is 1. The first-order chi connectivity index (χ1) is 15.5. The molecule has 0 amide bonds. The van der Waals surface area contributed by atoms with Gasteiger partial charge in [0.15, 0.2) is 5.11 Å². The molecule has 32 heavy (non-hydrogen) atoms. The largest absolute Gasteiger partial charge is 0.469 e. The molecule has 8 heteroatoms. The molecule has 7 nitrogen and oxygen atoms in total. The third kappa shape index (κ3) is 4.23. The van der Waals surface area contributed by atoms with Crippen LogP contribution in [0.25, 0.3) is 5.69 Å². The number of thiocarbonyl (C=S) groups is 1. The monoisotopic (exact) mass is 449 g/mol. The Balaban J connectivity index is 1.74. The maximum Gasteiger partial charge on any atom is 0.305 e. The van der Waals surface area contributed by atoms with Crippen LogP contribution in [0.3, 0.4) is 0 Å². The lowest BCUT2D eigenvalue weighted by Gasteiger charge is -2.28. The van der Waals surface area contributed by atoms with E-state index in [2.05, 4.69) is 50.7 Å². The molecular weight excluding hydrogens is 422 g/mol. The van der Waals surface area contributed by atoms with E-state index in [0.717, 1.165) is 22.8 Å². The van der Waals surface area contributed by atoms with E-state index >= 15 is 0 Å². The Hall–Kier alpha value is -3.26. The number of aromatic nitrogens is 3. The molecule has 0 radical (unpaired) electrons. The highest BCUT2D eigenvalue weighted by atomic mass is 32.1. The Labute approximate surface area is 193 Å². The summed E-state index contributed by atoms with van der Waals surface area (Å²) in [6, 6.07) is 12.0. The minimum absolute atomic E-state index is 0.0494. The number of nitrogens with one attached hydrogen (secondary N) is 1. The van der Waals surface area contributed by atoms with Gasteiger partial charge in [0.1, 0.15) is 0 Å². The normalized spacial score (nSPS) is 18.0. The maximum atomic E-state index is 11.7.